The van der Waals surface area contributed by atoms with Crippen LogP contribution >= 0.6 is 0 Å². The second-order valence-corrected chi connectivity index (χ2v) is 6.16. The Balaban J connectivity index is 2.76. The van der Waals surface area contributed by atoms with E-state index in [2.05, 4.69) is 41.0 Å². The van der Waals surface area contributed by atoms with Crippen LogP contribution in [-0.4, -0.2) is 38.3 Å². The summed E-state index contributed by atoms with van der Waals surface area (Å²) in [7, 11) is 4.04. The normalized spacial score (nSPS) is 12.0. The van der Waals surface area contributed by atoms with Crippen LogP contribution in [-0.2, 0) is 4.79 Å². The number of nitrogens with zero attached hydrogens (tertiary/aromatic N) is 2. The maximum Gasteiger partial charge on any atom is 0.308 e. The topological polar surface area (TPSA) is 43.8 Å². The van der Waals surface area contributed by atoms with Gasteiger partial charge in [0.2, 0.25) is 0 Å². The molecule has 0 bridgehead atoms. The Hall–Kier alpha value is -1.71. The maximum absolute atomic E-state index is 11.2. The standard InChI is InChI=1S/C18H30N2O2/c1-5-6-7-8-13-20(14-15(2)18(21)22)17-11-9-16(10-12-17)19(3)4/h9-12,15H,5-8,13-14H2,1-4H3,(H,21,22). The largest absolute Gasteiger partial charge is 0.481 e. The molecule has 0 saturated heterocycles. The fraction of sp³-hybridized carbons (Fsp3) is 0.611. The van der Waals surface area contributed by atoms with Crippen LogP contribution in [0, 0.1) is 5.92 Å². The summed E-state index contributed by atoms with van der Waals surface area (Å²) in [6.45, 7) is 5.45. The van der Waals surface area contributed by atoms with Gasteiger partial charge in [0, 0.05) is 38.6 Å². The van der Waals surface area contributed by atoms with Gasteiger partial charge in [-0.05, 0) is 30.7 Å². The van der Waals surface area contributed by atoms with E-state index in [0.717, 1.165) is 24.3 Å². The lowest BCUT2D eigenvalue weighted by Crippen LogP contribution is -2.32. The molecule has 0 aliphatic carbocycles. The molecule has 1 atom stereocenters. The molecule has 0 aliphatic rings. The summed E-state index contributed by atoms with van der Waals surface area (Å²) < 4.78 is 0. The Bertz CT molecular complexity index is 443. The van der Waals surface area contributed by atoms with E-state index in [1.165, 1.54) is 19.3 Å². The molecule has 4 heteroatoms. The van der Waals surface area contributed by atoms with Crippen molar-refractivity contribution in [2.45, 2.75) is 39.5 Å². The predicted octanol–water partition coefficient (Wildman–Crippen LogP) is 3.86. The monoisotopic (exact) mass is 306 g/mol. The van der Waals surface area contributed by atoms with Crippen molar-refractivity contribution in [2.75, 3.05) is 37.0 Å². The first-order valence-corrected chi connectivity index (χ1v) is 8.20. The third-order valence-electron chi connectivity index (χ3n) is 3.93. The molecule has 0 radical (unpaired) electrons. The second kappa shape index (κ2) is 9.34. The number of hydrogen-bond acceptors (Lipinski definition) is 3. The van der Waals surface area contributed by atoms with Crippen LogP contribution in [0.1, 0.15) is 39.5 Å². The number of hydrogen-bond donors (Lipinski definition) is 1. The quantitative estimate of drug-likeness (QED) is 0.667. The number of anilines is 2. The Labute approximate surface area is 134 Å². The molecule has 1 N–H and O–H groups in total. The molecule has 1 aromatic carbocycles. The zero-order valence-electron chi connectivity index (χ0n) is 14.4. The van der Waals surface area contributed by atoms with Crippen molar-refractivity contribution < 1.29 is 9.90 Å². The van der Waals surface area contributed by atoms with E-state index in [4.69, 9.17) is 0 Å². The third-order valence-corrected chi connectivity index (χ3v) is 3.93. The van der Waals surface area contributed by atoms with Crippen molar-refractivity contribution in [1.29, 1.82) is 0 Å². The minimum atomic E-state index is -0.733. The molecule has 0 spiro atoms. The summed E-state index contributed by atoms with van der Waals surface area (Å²) in [6.07, 6.45) is 4.75. The molecule has 0 fully saturated rings. The fourth-order valence-corrected chi connectivity index (χ4v) is 2.43. The van der Waals surface area contributed by atoms with Gasteiger partial charge >= 0.3 is 5.97 Å². The molecule has 0 saturated carbocycles. The Morgan fingerprint density at radius 2 is 1.68 bits per heavy atom. The van der Waals surface area contributed by atoms with Crippen LogP contribution in [0.25, 0.3) is 0 Å². The van der Waals surface area contributed by atoms with Crippen LogP contribution in [0.5, 0.6) is 0 Å². The number of rotatable bonds is 10. The van der Waals surface area contributed by atoms with E-state index in [9.17, 15) is 9.90 Å². The van der Waals surface area contributed by atoms with E-state index < -0.39 is 5.97 Å². The van der Waals surface area contributed by atoms with Crippen molar-refractivity contribution in [1.82, 2.24) is 0 Å². The van der Waals surface area contributed by atoms with E-state index in [0.29, 0.717) is 6.54 Å². The molecule has 124 valence electrons. The molecule has 4 nitrogen and oxygen atoms in total. The number of carboxylic acid groups (broad SMARTS) is 1. The summed E-state index contributed by atoms with van der Waals surface area (Å²) in [5.74, 6) is -1.09. The van der Waals surface area contributed by atoms with Crippen LogP contribution < -0.4 is 9.80 Å². The summed E-state index contributed by atoms with van der Waals surface area (Å²) in [4.78, 5) is 15.4. The van der Waals surface area contributed by atoms with Gasteiger partial charge in [-0.25, -0.2) is 0 Å². The maximum atomic E-state index is 11.2. The Kier molecular flexibility index (Phi) is 7.78. The van der Waals surface area contributed by atoms with Crippen molar-refractivity contribution in [3.05, 3.63) is 24.3 Å². The second-order valence-electron chi connectivity index (χ2n) is 6.16. The summed E-state index contributed by atoms with van der Waals surface area (Å²) in [5, 5.41) is 9.17. The van der Waals surface area contributed by atoms with Gasteiger partial charge in [-0.3, -0.25) is 4.79 Å². The highest BCUT2D eigenvalue weighted by molar-refractivity contribution is 5.70. The molecule has 0 amide bonds. The van der Waals surface area contributed by atoms with Crippen LogP contribution in [0.2, 0.25) is 0 Å². The minimum absolute atomic E-state index is 0.361. The molecular weight excluding hydrogens is 276 g/mol. The van der Waals surface area contributed by atoms with Gasteiger partial charge in [-0.15, -0.1) is 0 Å². The highest BCUT2D eigenvalue weighted by Gasteiger charge is 2.16. The van der Waals surface area contributed by atoms with Gasteiger partial charge in [0.25, 0.3) is 0 Å². The lowest BCUT2D eigenvalue weighted by Gasteiger charge is -2.27. The van der Waals surface area contributed by atoms with Crippen molar-refractivity contribution in [3.8, 4) is 0 Å². The summed E-state index contributed by atoms with van der Waals surface area (Å²) in [6, 6.07) is 8.34. The Morgan fingerprint density at radius 1 is 1.09 bits per heavy atom. The number of benzene rings is 1. The minimum Gasteiger partial charge on any atom is -0.481 e. The molecule has 0 heterocycles. The molecular formula is C18H30N2O2. The van der Waals surface area contributed by atoms with E-state index in [1.54, 1.807) is 6.92 Å². The van der Waals surface area contributed by atoms with Crippen molar-refractivity contribution in [2.24, 2.45) is 5.92 Å². The van der Waals surface area contributed by atoms with Crippen LogP contribution in [0.3, 0.4) is 0 Å². The van der Waals surface area contributed by atoms with Gasteiger partial charge in [0.15, 0.2) is 0 Å². The number of carbonyl (C=O) groups is 1. The first-order valence-electron chi connectivity index (χ1n) is 8.20. The summed E-state index contributed by atoms with van der Waals surface area (Å²) in [5.41, 5.74) is 2.26. The molecule has 22 heavy (non-hydrogen) atoms. The zero-order chi connectivity index (χ0) is 16.5. The smallest absolute Gasteiger partial charge is 0.308 e. The molecule has 1 aromatic rings. The first kappa shape index (κ1) is 18.3. The van der Waals surface area contributed by atoms with Crippen molar-refractivity contribution in [3.63, 3.8) is 0 Å². The molecule has 0 aliphatic heterocycles. The highest BCUT2D eigenvalue weighted by atomic mass is 16.4. The van der Waals surface area contributed by atoms with Gasteiger partial charge in [0.05, 0.1) is 5.92 Å². The van der Waals surface area contributed by atoms with Gasteiger partial charge in [-0.2, -0.15) is 0 Å². The predicted molar refractivity (Wildman–Crippen MR) is 93.9 cm³/mol. The zero-order valence-corrected chi connectivity index (χ0v) is 14.4. The van der Waals surface area contributed by atoms with E-state index >= 15 is 0 Å². The lowest BCUT2D eigenvalue weighted by molar-refractivity contribution is -0.140. The highest BCUT2D eigenvalue weighted by Crippen LogP contribution is 2.21. The molecule has 1 unspecified atom stereocenters. The molecule has 1 rings (SSSR count). The number of carboxylic acids is 1. The number of aliphatic carboxylic acids is 1. The van der Waals surface area contributed by atoms with Crippen LogP contribution in [0.4, 0.5) is 11.4 Å². The van der Waals surface area contributed by atoms with E-state index in [1.807, 2.05) is 14.1 Å². The van der Waals surface area contributed by atoms with Crippen molar-refractivity contribution >= 4 is 17.3 Å². The fourth-order valence-electron chi connectivity index (χ4n) is 2.43. The lowest BCUT2D eigenvalue weighted by atomic mass is 10.1. The van der Waals surface area contributed by atoms with Crippen LogP contribution in [0.15, 0.2) is 24.3 Å². The van der Waals surface area contributed by atoms with Gasteiger partial charge in [-0.1, -0.05) is 33.1 Å². The molecule has 0 aromatic heterocycles. The van der Waals surface area contributed by atoms with Gasteiger partial charge < -0.3 is 14.9 Å². The average Bonchev–Trinajstić information content (AvgIpc) is 2.50. The SMILES string of the molecule is CCCCCCN(CC(C)C(=O)O)c1ccc(N(C)C)cc1. The van der Waals surface area contributed by atoms with E-state index in [-0.39, 0.29) is 5.92 Å². The summed E-state index contributed by atoms with van der Waals surface area (Å²) >= 11 is 0. The van der Waals surface area contributed by atoms with Gasteiger partial charge in [0.1, 0.15) is 0 Å². The third kappa shape index (κ3) is 5.96. The number of unbranched alkanes of at least 4 members (excludes halogenated alkanes) is 3. The Morgan fingerprint density at radius 3 is 2.18 bits per heavy atom. The average molecular weight is 306 g/mol. The first-order chi connectivity index (χ1) is 10.5.